The molecule has 98 valence electrons. The van der Waals surface area contributed by atoms with Crippen LogP contribution < -0.4 is 4.72 Å². The largest absolute Gasteiger partial charge is 0.240 e. The molecule has 0 amide bonds. The van der Waals surface area contributed by atoms with Crippen LogP contribution in [0.25, 0.3) is 0 Å². The molecule has 0 aliphatic carbocycles. The zero-order valence-corrected chi connectivity index (χ0v) is 11.6. The van der Waals surface area contributed by atoms with Crippen molar-refractivity contribution < 1.29 is 8.42 Å². The fourth-order valence-electron chi connectivity index (χ4n) is 1.31. The highest BCUT2D eigenvalue weighted by molar-refractivity contribution is 7.89. The van der Waals surface area contributed by atoms with Gasteiger partial charge in [-0.25, -0.2) is 13.1 Å². The summed E-state index contributed by atoms with van der Waals surface area (Å²) in [5, 5.41) is 8.60. The lowest BCUT2D eigenvalue weighted by molar-refractivity contribution is 0.573. The molecular formula is C12H15ClN2O2S. The molecule has 0 aliphatic heterocycles. The number of sulfonamides is 1. The number of nitrogens with one attached hydrogen (secondary N) is 1. The maximum Gasteiger partial charge on any atom is 0.240 e. The van der Waals surface area contributed by atoms with Gasteiger partial charge in [-0.1, -0.05) is 12.1 Å². The number of benzene rings is 1. The van der Waals surface area contributed by atoms with Crippen LogP contribution in [0, 0.1) is 17.2 Å². The van der Waals surface area contributed by atoms with Gasteiger partial charge >= 0.3 is 0 Å². The SMILES string of the molecule is CC(C#N)CNS(=O)(=O)c1ccc(CCCl)cc1. The number of nitrogens with zero attached hydrogens (tertiary/aromatic N) is 1. The number of hydrogen-bond acceptors (Lipinski definition) is 3. The minimum Gasteiger partial charge on any atom is -0.210 e. The summed E-state index contributed by atoms with van der Waals surface area (Å²) < 4.78 is 26.2. The van der Waals surface area contributed by atoms with Crippen molar-refractivity contribution in [1.29, 1.82) is 5.26 Å². The van der Waals surface area contributed by atoms with Gasteiger partial charge in [-0.05, 0) is 31.0 Å². The molecule has 1 atom stereocenters. The predicted octanol–water partition coefficient (Wildman–Crippen LogP) is 1.91. The van der Waals surface area contributed by atoms with Crippen molar-refractivity contribution in [3.8, 4) is 6.07 Å². The van der Waals surface area contributed by atoms with Gasteiger partial charge in [0.2, 0.25) is 10.0 Å². The number of nitriles is 1. The Morgan fingerprint density at radius 2 is 2.00 bits per heavy atom. The van der Waals surface area contributed by atoms with E-state index in [4.69, 9.17) is 16.9 Å². The van der Waals surface area contributed by atoms with Gasteiger partial charge in [-0.15, -0.1) is 11.6 Å². The molecule has 1 aromatic rings. The standard InChI is InChI=1S/C12H15ClN2O2S/c1-10(8-14)9-15-18(16,17)12-4-2-11(3-5-12)6-7-13/h2-5,10,15H,6-7,9H2,1H3. The van der Waals surface area contributed by atoms with E-state index in [1.54, 1.807) is 31.2 Å². The molecule has 1 unspecified atom stereocenters. The number of halogens is 1. The second-order valence-corrected chi connectivity index (χ2v) is 6.11. The lowest BCUT2D eigenvalue weighted by atomic mass is 10.2. The third kappa shape index (κ3) is 4.30. The van der Waals surface area contributed by atoms with Gasteiger partial charge < -0.3 is 0 Å². The Balaban J connectivity index is 2.76. The van der Waals surface area contributed by atoms with Crippen LogP contribution in [0.5, 0.6) is 0 Å². The van der Waals surface area contributed by atoms with E-state index < -0.39 is 10.0 Å². The molecule has 0 aliphatic rings. The average Bonchev–Trinajstić information content (AvgIpc) is 2.37. The summed E-state index contributed by atoms with van der Waals surface area (Å²) in [6.45, 7) is 1.77. The van der Waals surface area contributed by atoms with Gasteiger partial charge in [0.1, 0.15) is 0 Å². The van der Waals surface area contributed by atoms with Gasteiger partial charge in [0, 0.05) is 12.4 Å². The zero-order chi connectivity index (χ0) is 13.6. The molecule has 0 spiro atoms. The van der Waals surface area contributed by atoms with Crippen molar-refractivity contribution in [1.82, 2.24) is 4.72 Å². The normalized spacial score (nSPS) is 12.9. The van der Waals surface area contributed by atoms with Crippen LogP contribution in [0.3, 0.4) is 0 Å². The first kappa shape index (κ1) is 15.0. The third-order valence-corrected chi connectivity index (χ3v) is 4.05. The molecule has 0 bridgehead atoms. The van der Waals surface area contributed by atoms with E-state index in [1.807, 2.05) is 6.07 Å². The van der Waals surface area contributed by atoms with Crippen molar-refractivity contribution in [3.05, 3.63) is 29.8 Å². The van der Waals surface area contributed by atoms with E-state index in [2.05, 4.69) is 4.72 Å². The quantitative estimate of drug-likeness (QED) is 0.812. The monoisotopic (exact) mass is 286 g/mol. The molecule has 0 heterocycles. The lowest BCUT2D eigenvalue weighted by Crippen LogP contribution is -2.27. The highest BCUT2D eigenvalue weighted by Crippen LogP contribution is 2.11. The average molecular weight is 287 g/mol. The maximum absolute atomic E-state index is 11.9. The van der Waals surface area contributed by atoms with E-state index >= 15 is 0 Å². The first-order chi connectivity index (χ1) is 8.49. The van der Waals surface area contributed by atoms with Crippen molar-refractivity contribution >= 4 is 21.6 Å². The molecule has 0 radical (unpaired) electrons. The first-order valence-electron chi connectivity index (χ1n) is 5.54. The van der Waals surface area contributed by atoms with E-state index in [0.29, 0.717) is 12.3 Å². The number of alkyl halides is 1. The Hall–Kier alpha value is -1.09. The number of rotatable bonds is 6. The molecule has 0 saturated heterocycles. The Kier molecular flexibility index (Phi) is 5.60. The molecule has 18 heavy (non-hydrogen) atoms. The van der Waals surface area contributed by atoms with Crippen molar-refractivity contribution in [3.63, 3.8) is 0 Å². The van der Waals surface area contributed by atoms with Gasteiger partial charge in [0.15, 0.2) is 0 Å². The Morgan fingerprint density at radius 1 is 1.39 bits per heavy atom. The summed E-state index contributed by atoms with van der Waals surface area (Å²) in [7, 11) is -3.53. The molecule has 6 heteroatoms. The molecule has 0 saturated carbocycles. The summed E-state index contributed by atoms with van der Waals surface area (Å²) in [6, 6.07) is 8.54. The zero-order valence-electron chi connectivity index (χ0n) is 10.1. The fourth-order valence-corrected chi connectivity index (χ4v) is 2.66. The highest BCUT2D eigenvalue weighted by atomic mass is 35.5. The topological polar surface area (TPSA) is 70.0 Å². The minimum absolute atomic E-state index is 0.113. The number of aryl methyl sites for hydroxylation is 1. The molecule has 0 aromatic heterocycles. The molecule has 4 nitrogen and oxygen atoms in total. The van der Waals surface area contributed by atoms with Crippen LogP contribution in [0.2, 0.25) is 0 Å². The van der Waals surface area contributed by atoms with Crippen LogP contribution in [0.15, 0.2) is 29.2 Å². The van der Waals surface area contributed by atoms with Crippen molar-refractivity contribution in [2.45, 2.75) is 18.2 Å². The fraction of sp³-hybridized carbons (Fsp3) is 0.417. The summed E-state index contributed by atoms with van der Waals surface area (Å²) in [5.74, 6) is 0.152. The summed E-state index contributed by atoms with van der Waals surface area (Å²) >= 11 is 5.61. The van der Waals surface area contributed by atoms with Crippen molar-refractivity contribution in [2.75, 3.05) is 12.4 Å². The van der Waals surface area contributed by atoms with E-state index in [9.17, 15) is 8.42 Å². The first-order valence-corrected chi connectivity index (χ1v) is 7.55. The highest BCUT2D eigenvalue weighted by Gasteiger charge is 2.14. The predicted molar refractivity (Wildman–Crippen MR) is 70.8 cm³/mol. The molecular weight excluding hydrogens is 272 g/mol. The number of hydrogen-bond donors (Lipinski definition) is 1. The summed E-state index contributed by atoms with van der Waals surface area (Å²) in [5.41, 5.74) is 0.995. The smallest absolute Gasteiger partial charge is 0.210 e. The lowest BCUT2D eigenvalue weighted by Gasteiger charge is -2.08. The molecule has 1 aromatic carbocycles. The third-order valence-electron chi connectivity index (χ3n) is 2.42. The van der Waals surface area contributed by atoms with E-state index in [-0.39, 0.29) is 17.4 Å². The molecule has 0 fully saturated rings. The second kappa shape index (κ2) is 6.74. The Labute approximate surface area is 113 Å². The van der Waals surface area contributed by atoms with Crippen molar-refractivity contribution in [2.24, 2.45) is 5.92 Å². The van der Waals surface area contributed by atoms with E-state index in [0.717, 1.165) is 5.56 Å². The van der Waals surface area contributed by atoms with Gasteiger partial charge in [0.25, 0.3) is 0 Å². The van der Waals surface area contributed by atoms with Gasteiger partial charge in [-0.2, -0.15) is 5.26 Å². The minimum atomic E-state index is -3.53. The van der Waals surface area contributed by atoms with Gasteiger partial charge in [-0.3, -0.25) is 0 Å². The van der Waals surface area contributed by atoms with Crippen LogP contribution in [-0.2, 0) is 16.4 Å². The summed E-state index contributed by atoms with van der Waals surface area (Å²) in [6.07, 6.45) is 0.709. The van der Waals surface area contributed by atoms with Crippen LogP contribution in [-0.4, -0.2) is 20.8 Å². The van der Waals surface area contributed by atoms with Gasteiger partial charge in [0.05, 0.1) is 16.9 Å². The van der Waals surface area contributed by atoms with Crippen LogP contribution in [0.4, 0.5) is 0 Å². The summed E-state index contributed by atoms with van der Waals surface area (Å²) in [4.78, 5) is 0.200. The molecule has 1 rings (SSSR count). The maximum atomic E-state index is 11.9. The second-order valence-electron chi connectivity index (χ2n) is 3.96. The van der Waals surface area contributed by atoms with Crippen LogP contribution >= 0.6 is 11.6 Å². The Bertz CT molecular complexity index is 520. The molecule has 1 N–H and O–H groups in total. The van der Waals surface area contributed by atoms with Crippen LogP contribution in [0.1, 0.15) is 12.5 Å². The Morgan fingerprint density at radius 3 is 2.50 bits per heavy atom. The van der Waals surface area contributed by atoms with E-state index in [1.165, 1.54) is 0 Å².